The number of nitrogens with one attached hydrogen (secondary N) is 1. The lowest BCUT2D eigenvalue weighted by molar-refractivity contribution is -0.155. The minimum atomic E-state index is -0.576. The van der Waals surface area contributed by atoms with Crippen LogP contribution in [0.15, 0.2) is 79.1 Å². The first kappa shape index (κ1) is 29.2. The number of aromatic nitrogens is 6. The van der Waals surface area contributed by atoms with Crippen LogP contribution in [-0.2, 0) is 20.9 Å². The number of aromatic amines is 1. The molecule has 1 aliphatic heterocycles. The van der Waals surface area contributed by atoms with Gasteiger partial charge in [-0.05, 0) is 53.3 Å². The number of imidazole rings is 1. The predicted octanol–water partition coefficient (Wildman–Crippen LogP) is 6.13. The number of tetrazole rings is 1. The van der Waals surface area contributed by atoms with E-state index in [1.807, 2.05) is 77.4 Å². The largest absolute Gasteiger partial charge is 0.459 e. The second-order valence-electron chi connectivity index (χ2n) is 11.3. The van der Waals surface area contributed by atoms with Crippen LogP contribution in [0.3, 0.4) is 0 Å². The smallest absolute Gasteiger partial charge is 0.329 e. The lowest BCUT2D eigenvalue weighted by atomic mass is 9.98. The number of ether oxygens (including phenoxy) is 1. The first-order valence-corrected chi connectivity index (χ1v) is 15.4. The maximum atomic E-state index is 14.3. The van der Waals surface area contributed by atoms with Crippen molar-refractivity contribution in [1.29, 1.82) is 0 Å². The van der Waals surface area contributed by atoms with Crippen molar-refractivity contribution in [3.8, 4) is 22.5 Å². The van der Waals surface area contributed by atoms with Gasteiger partial charge in [0.1, 0.15) is 18.7 Å². The minimum absolute atomic E-state index is 0.0495. The molecule has 0 aliphatic carbocycles. The number of amides is 1. The summed E-state index contributed by atoms with van der Waals surface area (Å²) in [5, 5.41) is 14.6. The molecule has 6 rings (SSSR count). The first-order chi connectivity index (χ1) is 21.6. The molecular formula is C34H37N7O3. The van der Waals surface area contributed by atoms with E-state index in [9.17, 15) is 9.59 Å². The Balaban J connectivity index is 1.26. The Morgan fingerprint density at radius 1 is 1.00 bits per heavy atom. The Hall–Kier alpha value is -4.86. The molecule has 1 unspecified atom stereocenters. The molecule has 0 saturated carbocycles. The summed E-state index contributed by atoms with van der Waals surface area (Å²) in [6.45, 7) is 2.92. The van der Waals surface area contributed by atoms with E-state index in [0.717, 1.165) is 65.4 Å². The van der Waals surface area contributed by atoms with Gasteiger partial charge in [-0.15, -0.1) is 10.2 Å². The van der Waals surface area contributed by atoms with Crippen molar-refractivity contribution in [1.82, 2.24) is 35.1 Å². The Bertz CT molecular complexity index is 1700. The number of likely N-dealkylation sites (tertiary alicyclic amines) is 1. The fraction of sp³-hybridized carbons (Fsp3) is 0.353. The zero-order valence-corrected chi connectivity index (χ0v) is 24.9. The lowest BCUT2D eigenvalue weighted by Crippen LogP contribution is -2.44. The number of hydrogen-bond acceptors (Lipinski definition) is 7. The number of rotatable bonds is 12. The molecule has 1 N–H and O–H groups in total. The van der Waals surface area contributed by atoms with Gasteiger partial charge in [0.05, 0.1) is 17.4 Å². The number of esters is 1. The Morgan fingerprint density at radius 2 is 1.82 bits per heavy atom. The molecule has 0 spiro atoms. The van der Waals surface area contributed by atoms with Crippen LogP contribution in [0.5, 0.6) is 0 Å². The molecule has 1 fully saturated rings. The number of nitrogens with zero attached hydrogens (tertiary/aromatic N) is 6. The molecule has 44 heavy (non-hydrogen) atoms. The van der Waals surface area contributed by atoms with Crippen LogP contribution in [0, 0.1) is 0 Å². The van der Waals surface area contributed by atoms with E-state index in [0.29, 0.717) is 25.2 Å². The highest BCUT2D eigenvalue weighted by molar-refractivity contribution is 5.90. The average Bonchev–Trinajstić information content (AvgIpc) is 3.85. The Labute approximate surface area is 256 Å². The second-order valence-corrected chi connectivity index (χ2v) is 11.3. The number of benzene rings is 3. The monoisotopic (exact) mass is 591 g/mol. The van der Waals surface area contributed by atoms with Crippen LogP contribution in [0.25, 0.3) is 33.5 Å². The molecule has 3 heterocycles. The molecule has 2 aromatic heterocycles. The zero-order valence-electron chi connectivity index (χ0n) is 24.9. The van der Waals surface area contributed by atoms with Crippen molar-refractivity contribution in [2.24, 2.45) is 0 Å². The van der Waals surface area contributed by atoms with Gasteiger partial charge in [-0.25, -0.2) is 9.78 Å². The molecule has 0 bridgehead atoms. The molecule has 10 heteroatoms. The van der Waals surface area contributed by atoms with Crippen LogP contribution in [0.2, 0.25) is 0 Å². The van der Waals surface area contributed by atoms with E-state index < -0.39 is 12.1 Å². The third kappa shape index (κ3) is 6.24. The van der Waals surface area contributed by atoms with E-state index in [4.69, 9.17) is 9.72 Å². The maximum Gasteiger partial charge on any atom is 0.329 e. The molecule has 10 nitrogen and oxygen atoms in total. The lowest BCUT2D eigenvalue weighted by Gasteiger charge is -2.29. The molecular weight excluding hydrogens is 554 g/mol. The van der Waals surface area contributed by atoms with Crippen LogP contribution in [0.4, 0.5) is 0 Å². The fourth-order valence-corrected chi connectivity index (χ4v) is 6.09. The number of carbonyl (C=O) groups is 2. The number of unbranched alkanes of at least 4 members (excludes halogenated alkanes) is 3. The Morgan fingerprint density at radius 3 is 2.61 bits per heavy atom. The van der Waals surface area contributed by atoms with Gasteiger partial charge in [0.25, 0.3) is 0 Å². The predicted molar refractivity (Wildman–Crippen MR) is 167 cm³/mol. The van der Waals surface area contributed by atoms with Crippen molar-refractivity contribution in [2.45, 2.75) is 70.6 Å². The van der Waals surface area contributed by atoms with Gasteiger partial charge >= 0.3 is 5.97 Å². The maximum absolute atomic E-state index is 14.3. The quantitative estimate of drug-likeness (QED) is 0.137. The van der Waals surface area contributed by atoms with Crippen molar-refractivity contribution < 1.29 is 14.3 Å². The van der Waals surface area contributed by atoms with Gasteiger partial charge < -0.3 is 14.2 Å². The van der Waals surface area contributed by atoms with Crippen molar-refractivity contribution in [3.63, 3.8) is 0 Å². The van der Waals surface area contributed by atoms with Crippen molar-refractivity contribution in [3.05, 3.63) is 84.7 Å². The van der Waals surface area contributed by atoms with Gasteiger partial charge in [0.2, 0.25) is 11.7 Å². The molecule has 2 atom stereocenters. The van der Waals surface area contributed by atoms with Crippen LogP contribution >= 0.6 is 0 Å². The molecule has 1 aliphatic rings. The molecule has 1 amide bonds. The topological polar surface area (TPSA) is 119 Å². The highest BCUT2D eigenvalue weighted by Gasteiger charge is 2.39. The zero-order chi connectivity index (χ0) is 30.3. The van der Waals surface area contributed by atoms with Crippen molar-refractivity contribution in [2.75, 3.05) is 6.54 Å². The average molecular weight is 592 g/mol. The third-order valence-electron chi connectivity index (χ3n) is 8.38. The molecule has 1 saturated heterocycles. The van der Waals surface area contributed by atoms with Crippen LogP contribution in [0.1, 0.15) is 63.5 Å². The summed E-state index contributed by atoms with van der Waals surface area (Å²) in [6.07, 6.45) is 8.01. The summed E-state index contributed by atoms with van der Waals surface area (Å²) < 4.78 is 7.66. The summed E-state index contributed by atoms with van der Waals surface area (Å²) in [6, 6.07) is 22.6. The van der Waals surface area contributed by atoms with E-state index in [1.54, 1.807) is 11.2 Å². The van der Waals surface area contributed by atoms with E-state index in [-0.39, 0.29) is 18.5 Å². The van der Waals surface area contributed by atoms with E-state index in [2.05, 4.69) is 27.5 Å². The number of hydrogen-bond donors (Lipinski definition) is 1. The molecule has 226 valence electrons. The minimum Gasteiger partial charge on any atom is -0.459 e. The summed E-state index contributed by atoms with van der Waals surface area (Å²) in [5.74, 6) is 0.128. The Kier molecular flexibility index (Phi) is 9.05. The van der Waals surface area contributed by atoms with Crippen molar-refractivity contribution >= 4 is 22.9 Å². The van der Waals surface area contributed by atoms with Crippen LogP contribution in [-0.4, -0.2) is 59.5 Å². The fourth-order valence-electron chi connectivity index (χ4n) is 6.09. The molecule has 5 aromatic rings. The summed E-state index contributed by atoms with van der Waals surface area (Å²) in [4.78, 5) is 33.9. The van der Waals surface area contributed by atoms with Crippen LogP contribution < -0.4 is 0 Å². The summed E-state index contributed by atoms with van der Waals surface area (Å²) in [5.41, 5.74) is 5.39. The summed E-state index contributed by atoms with van der Waals surface area (Å²) >= 11 is 0. The second kappa shape index (κ2) is 13.6. The van der Waals surface area contributed by atoms with E-state index in [1.165, 1.54) is 0 Å². The van der Waals surface area contributed by atoms with Gasteiger partial charge in [0.15, 0.2) is 0 Å². The SMILES string of the molecule is CCCCCCC(C(=O)N1CCC[C@H]1C(=O)OCc1ccccc1)n1cnc2cc(-c3ccccc3-c3nn[nH]n3)ccc21. The standard InChI is InChI=1S/C34H37N7O3/c1-2-3-4-8-16-30(33(42)40-20-11-17-31(40)34(43)44-22-24-12-6-5-7-13-24)41-23-35-28-21-25(18-19-29(28)41)26-14-9-10-15-27(26)32-36-38-39-37-32/h5-7,9-10,12-15,18-19,21,23,30-31H,2-4,8,11,16-17,20,22H2,1H3,(H,36,37,38,39)/t30?,31-/m0/s1. The van der Waals surface area contributed by atoms with E-state index >= 15 is 0 Å². The molecule has 3 aromatic carbocycles. The van der Waals surface area contributed by atoms with Gasteiger partial charge in [-0.2, -0.15) is 5.21 Å². The normalized spacial score (nSPS) is 15.5. The van der Waals surface area contributed by atoms with Gasteiger partial charge in [-0.1, -0.05) is 93.3 Å². The number of carbonyl (C=O) groups excluding carboxylic acids is 2. The highest BCUT2D eigenvalue weighted by atomic mass is 16.5. The van der Waals surface area contributed by atoms with Gasteiger partial charge in [-0.3, -0.25) is 4.79 Å². The first-order valence-electron chi connectivity index (χ1n) is 15.4. The number of fused-ring (bicyclic) bond motifs is 1. The summed E-state index contributed by atoms with van der Waals surface area (Å²) in [7, 11) is 0. The molecule has 0 radical (unpaired) electrons. The number of H-pyrrole nitrogens is 1. The third-order valence-corrected chi connectivity index (χ3v) is 8.38. The van der Waals surface area contributed by atoms with Gasteiger partial charge in [0, 0.05) is 12.1 Å². The highest BCUT2D eigenvalue weighted by Crippen LogP contribution is 2.33.